The molecule has 0 unspecified atom stereocenters. The maximum atomic E-state index is 13.5. The number of nitrogens with one attached hydrogen (secondary N) is 3. The maximum Gasteiger partial charge on any atom is 0.419 e. The average molecular weight is 382 g/mol. The first-order chi connectivity index (χ1) is 12.8. The Morgan fingerprint density at radius 2 is 2.11 bits per heavy atom. The number of rotatable bonds is 4. The van der Waals surface area contributed by atoms with Crippen LogP contribution in [0.5, 0.6) is 0 Å². The van der Waals surface area contributed by atoms with Gasteiger partial charge in [-0.2, -0.15) is 13.2 Å². The first-order valence-electron chi connectivity index (χ1n) is 8.57. The van der Waals surface area contributed by atoms with Crippen LogP contribution in [0.3, 0.4) is 0 Å². The third-order valence-corrected chi connectivity index (χ3v) is 4.36. The molecule has 1 saturated heterocycles. The average Bonchev–Trinajstić information content (AvgIpc) is 3.10. The number of halogens is 3. The molecule has 1 amide bonds. The molecule has 1 aliphatic heterocycles. The van der Waals surface area contributed by atoms with Crippen LogP contribution in [0.1, 0.15) is 28.8 Å². The van der Waals surface area contributed by atoms with Crippen LogP contribution < -0.4 is 10.6 Å². The molecule has 3 N–H and O–H groups in total. The van der Waals surface area contributed by atoms with Gasteiger partial charge in [0.15, 0.2) is 0 Å². The molecular formula is C17H21F3N6O. The Morgan fingerprint density at radius 1 is 1.33 bits per heavy atom. The summed E-state index contributed by atoms with van der Waals surface area (Å²) in [5, 5.41) is 6.29. The number of aromatic nitrogens is 3. The van der Waals surface area contributed by atoms with Crippen LogP contribution in [-0.4, -0.2) is 59.0 Å². The maximum absolute atomic E-state index is 13.5. The molecule has 0 aromatic carbocycles. The highest BCUT2D eigenvalue weighted by Gasteiger charge is 2.37. The molecule has 2 aromatic heterocycles. The number of H-pyrrole nitrogens is 1. The van der Waals surface area contributed by atoms with Gasteiger partial charge in [0.2, 0.25) is 5.95 Å². The number of alkyl halides is 3. The zero-order valence-corrected chi connectivity index (χ0v) is 15.0. The fourth-order valence-electron chi connectivity index (χ4n) is 3.00. The monoisotopic (exact) mass is 382 g/mol. The van der Waals surface area contributed by atoms with E-state index in [0.717, 1.165) is 25.6 Å². The van der Waals surface area contributed by atoms with Gasteiger partial charge in [-0.1, -0.05) is 0 Å². The molecule has 0 spiro atoms. The van der Waals surface area contributed by atoms with Crippen molar-refractivity contribution in [2.45, 2.75) is 25.1 Å². The van der Waals surface area contributed by atoms with Gasteiger partial charge in [0, 0.05) is 50.8 Å². The summed E-state index contributed by atoms with van der Waals surface area (Å²) >= 11 is 0. The van der Waals surface area contributed by atoms with Crippen LogP contribution in [0.15, 0.2) is 18.6 Å². The number of aromatic amines is 1. The number of hydrogen-bond donors (Lipinski definition) is 3. The fourth-order valence-corrected chi connectivity index (χ4v) is 3.00. The summed E-state index contributed by atoms with van der Waals surface area (Å²) < 4.78 is 40.5. The second-order valence-electron chi connectivity index (χ2n) is 6.62. The Hall–Kier alpha value is -2.62. The zero-order valence-electron chi connectivity index (χ0n) is 15.0. The lowest BCUT2D eigenvalue weighted by Crippen LogP contribution is -2.38. The lowest BCUT2D eigenvalue weighted by atomic mass is 10.0. The summed E-state index contributed by atoms with van der Waals surface area (Å²) in [6.45, 7) is 1.60. The van der Waals surface area contributed by atoms with E-state index in [9.17, 15) is 18.0 Å². The summed E-state index contributed by atoms with van der Waals surface area (Å²) in [4.78, 5) is 24.3. The van der Waals surface area contributed by atoms with Gasteiger partial charge >= 0.3 is 6.18 Å². The third kappa shape index (κ3) is 4.21. The number of carbonyl (C=O) groups excluding carboxylic acids is 1. The van der Waals surface area contributed by atoms with Gasteiger partial charge in [-0.25, -0.2) is 9.97 Å². The van der Waals surface area contributed by atoms with E-state index in [0.29, 0.717) is 6.54 Å². The largest absolute Gasteiger partial charge is 0.419 e. The topological polar surface area (TPSA) is 85.9 Å². The van der Waals surface area contributed by atoms with E-state index >= 15 is 0 Å². The predicted octanol–water partition coefficient (Wildman–Crippen LogP) is 2.36. The number of piperidine rings is 1. The van der Waals surface area contributed by atoms with Crippen LogP contribution in [0, 0.1) is 0 Å². The van der Waals surface area contributed by atoms with Crippen molar-refractivity contribution in [3.05, 3.63) is 29.7 Å². The molecule has 27 heavy (non-hydrogen) atoms. The van der Waals surface area contributed by atoms with Crippen molar-refractivity contribution >= 4 is 11.9 Å². The van der Waals surface area contributed by atoms with Gasteiger partial charge in [-0.05, 0) is 19.4 Å². The van der Waals surface area contributed by atoms with Gasteiger partial charge in [0.05, 0.1) is 11.3 Å². The molecule has 1 aliphatic rings. The fraction of sp³-hybridized carbons (Fsp3) is 0.471. The molecule has 3 rings (SSSR count). The zero-order chi connectivity index (χ0) is 19.6. The Balaban J connectivity index is 2.02. The SMILES string of the molecule is CN(C)C(=O)c1c[nH]cc1-c1nc(N[C@H]2CCCNC2)ncc1C(F)(F)F. The van der Waals surface area contributed by atoms with E-state index in [2.05, 4.69) is 25.6 Å². The minimum Gasteiger partial charge on any atom is -0.366 e. The van der Waals surface area contributed by atoms with Gasteiger partial charge in [0.25, 0.3) is 5.91 Å². The predicted molar refractivity (Wildman–Crippen MR) is 94.4 cm³/mol. The Morgan fingerprint density at radius 3 is 2.74 bits per heavy atom. The number of hydrogen-bond acceptors (Lipinski definition) is 5. The molecule has 3 heterocycles. The van der Waals surface area contributed by atoms with Crippen molar-refractivity contribution < 1.29 is 18.0 Å². The van der Waals surface area contributed by atoms with Crippen LogP contribution in [0.2, 0.25) is 0 Å². The lowest BCUT2D eigenvalue weighted by Gasteiger charge is -2.24. The summed E-state index contributed by atoms with van der Waals surface area (Å²) in [6.07, 6.45) is 0.678. The van der Waals surface area contributed by atoms with E-state index in [1.807, 2.05) is 0 Å². The van der Waals surface area contributed by atoms with Crippen molar-refractivity contribution in [3.63, 3.8) is 0 Å². The summed E-state index contributed by atoms with van der Waals surface area (Å²) in [7, 11) is 3.07. The van der Waals surface area contributed by atoms with E-state index in [4.69, 9.17) is 0 Å². The Bertz CT molecular complexity index is 811. The highest BCUT2D eigenvalue weighted by atomic mass is 19.4. The first kappa shape index (κ1) is 19.2. The molecule has 1 atom stereocenters. The second kappa shape index (κ2) is 7.55. The summed E-state index contributed by atoms with van der Waals surface area (Å²) in [5.41, 5.74) is -1.10. The standard InChI is InChI=1S/C17H21F3N6O/c1-26(2)15(27)12-8-22-7-11(12)14-13(17(18,19)20)9-23-16(25-14)24-10-4-3-5-21-6-10/h7-10,21-22H,3-6H2,1-2H3,(H,23,24,25)/t10-/m0/s1. The molecule has 0 radical (unpaired) electrons. The van der Waals surface area contributed by atoms with Crippen molar-refractivity contribution in [2.24, 2.45) is 0 Å². The molecule has 0 aliphatic carbocycles. The third-order valence-electron chi connectivity index (χ3n) is 4.36. The Labute approximate surface area is 154 Å². The van der Waals surface area contributed by atoms with Gasteiger partial charge in [-0.3, -0.25) is 4.79 Å². The van der Waals surface area contributed by atoms with E-state index in [-0.39, 0.29) is 28.8 Å². The van der Waals surface area contributed by atoms with E-state index in [1.54, 1.807) is 0 Å². The van der Waals surface area contributed by atoms with Gasteiger partial charge < -0.3 is 20.5 Å². The van der Waals surface area contributed by atoms with Crippen LogP contribution in [0.25, 0.3) is 11.3 Å². The van der Waals surface area contributed by atoms with Crippen molar-refractivity contribution in [3.8, 4) is 11.3 Å². The highest BCUT2D eigenvalue weighted by Crippen LogP contribution is 2.37. The smallest absolute Gasteiger partial charge is 0.366 e. The Kier molecular flexibility index (Phi) is 5.36. The van der Waals surface area contributed by atoms with Gasteiger partial charge in [0.1, 0.15) is 5.56 Å². The van der Waals surface area contributed by atoms with Crippen LogP contribution in [-0.2, 0) is 6.18 Å². The molecular weight excluding hydrogens is 361 g/mol. The van der Waals surface area contributed by atoms with Crippen LogP contribution >= 0.6 is 0 Å². The summed E-state index contributed by atoms with van der Waals surface area (Å²) in [6, 6.07) is 0.0393. The highest BCUT2D eigenvalue weighted by molar-refractivity contribution is 6.00. The number of carbonyl (C=O) groups is 1. The van der Waals surface area contributed by atoms with Crippen LogP contribution in [0.4, 0.5) is 19.1 Å². The minimum absolute atomic E-state index is 0.0393. The van der Waals surface area contributed by atoms with Crippen molar-refractivity contribution in [1.29, 1.82) is 0 Å². The molecule has 2 aromatic rings. The first-order valence-corrected chi connectivity index (χ1v) is 8.57. The molecule has 7 nitrogen and oxygen atoms in total. The van der Waals surface area contributed by atoms with E-state index < -0.39 is 17.6 Å². The summed E-state index contributed by atoms with van der Waals surface area (Å²) in [5.74, 6) is -0.305. The van der Waals surface area contributed by atoms with Crippen molar-refractivity contribution in [2.75, 3.05) is 32.5 Å². The molecule has 0 saturated carbocycles. The number of anilines is 1. The van der Waals surface area contributed by atoms with Gasteiger partial charge in [-0.15, -0.1) is 0 Å². The second-order valence-corrected chi connectivity index (χ2v) is 6.62. The number of amides is 1. The normalized spacial score (nSPS) is 17.6. The molecule has 10 heteroatoms. The van der Waals surface area contributed by atoms with Crippen molar-refractivity contribution in [1.82, 2.24) is 25.2 Å². The molecule has 146 valence electrons. The minimum atomic E-state index is -4.64. The number of nitrogens with zero attached hydrogens (tertiary/aromatic N) is 3. The molecule has 1 fully saturated rings. The quantitative estimate of drug-likeness (QED) is 0.756. The van der Waals surface area contributed by atoms with E-state index in [1.165, 1.54) is 31.4 Å². The lowest BCUT2D eigenvalue weighted by molar-refractivity contribution is -0.137. The molecule has 0 bridgehead atoms.